The summed E-state index contributed by atoms with van der Waals surface area (Å²) in [6, 6.07) is 16.1. The van der Waals surface area contributed by atoms with E-state index < -0.39 is 0 Å². The van der Waals surface area contributed by atoms with Gasteiger partial charge in [0.25, 0.3) is 0 Å². The van der Waals surface area contributed by atoms with Crippen LogP contribution in [0.15, 0.2) is 67.0 Å². The summed E-state index contributed by atoms with van der Waals surface area (Å²) < 4.78 is 5.72. The lowest BCUT2D eigenvalue weighted by molar-refractivity contribution is 0.301. The van der Waals surface area contributed by atoms with E-state index in [1.54, 1.807) is 36.7 Å². The van der Waals surface area contributed by atoms with Crippen LogP contribution in [0.2, 0.25) is 5.02 Å². The fraction of sp³-hybridized carbons (Fsp3) is 0.0500. The molecule has 0 aliphatic heterocycles. The highest BCUT2D eigenvalue weighted by Crippen LogP contribution is 2.30. The molecular formula is C20H15ClN4O2. The Bertz CT molecular complexity index is 1090. The summed E-state index contributed by atoms with van der Waals surface area (Å²) in [5.41, 5.74) is 2.20. The number of ether oxygens (including phenoxy) is 1. The smallest absolute Gasteiger partial charge is 0.227 e. The number of aromatic hydroxyl groups is 1. The number of benzene rings is 2. The van der Waals surface area contributed by atoms with E-state index >= 15 is 0 Å². The molecule has 0 fully saturated rings. The van der Waals surface area contributed by atoms with E-state index in [4.69, 9.17) is 16.3 Å². The van der Waals surface area contributed by atoms with Gasteiger partial charge in [-0.25, -0.2) is 9.97 Å². The first-order valence-electron chi connectivity index (χ1n) is 8.23. The number of nitrogens with zero attached hydrogens (tertiary/aromatic N) is 3. The highest BCUT2D eigenvalue weighted by Gasteiger charge is 2.07. The van der Waals surface area contributed by atoms with E-state index in [0.29, 0.717) is 34.2 Å². The number of fused-ring (bicyclic) bond motifs is 1. The van der Waals surface area contributed by atoms with Crippen LogP contribution in [0.5, 0.6) is 11.5 Å². The number of hydrogen-bond donors (Lipinski definition) is 2. The minimum absolute atomic E-state index is 0.150. The number of pyridine rings is 1. The zero-order chi connectivity index (χ0) is 18.6. The van der Waals surface area contributed by atoms with Crippen LogP contribution >= 0.6 is 11.6 Å². The molecule has 0 atom stereocenters. The summed E-state index contributed by atoms with van der Waals surface area (Å²) in [5.74, 6) is 1.13. The lowest BCUT2D eigenvalue weighted by Crippen LogP contribution is -1.99. The van der Waals surface area contributed by atoms with Crippen LogP contribution in [0.1, 0.15) is 5.69 Å². The van der Waals surface area contributed by atoms with E-state index in [2.05, 4.69) is 20.3 Å². The molecule has 27 heavy (non-hydrogen) atoms. The third-order valence-corrected chi connectivity index (χ3v) is 4.19. The van der Waals surface area contributed by atoms with Gasteiger partial charge in [0.15, 0.2) is 0 Å². The molecule has 2 aromatic carbocycles. The molecule has 4 rings (SSSR count). The molecule has 0 spiro atoms. The number of phenolic OH excluding ortho intramolecular Hbond substituents is 1. The molecule has 0 radical (unpaired) electrons. The van der Waals surface area contributed by atoms with Crippen molar-refractivity contribution in [2.24, 2.45) is 0 Å². The van der Waals surface area contributed by atoms with E-state index in [9.17, 15) is 5.11 Å². The van der Waals surface area contributed by atoms with Crippen molar-refractivity contribution in [3.05, 3.63) is 77.7 Å². The second kappa shape index (κ2) is 7.47. The summed E-state index contributed by atoms with van der Waals surface area (Å²) in [5, 5.41) is 14.0. The third kappa shape index (κ3) is 3.91. The summed E-state index contributed by atoms with van der Waals surface area (Å²) in [7, 11) is 0. The van der Waals surface area contributed by atoms with Gasteiger partial charge in [-0.1, -0.05) is 23.7 Å². The monoisotopic (exact) mass is 378 g/mol. The highest BCUT2D eigenvalue weighted by atomic mass is 35.5. The molecular weight excluding hydrogens is 364 g/mol. The fourth-order valence-electron chi connectivity index (χ4n) is 2.56. The predicted molar refractivity (Wildman–Crippen MR) is 105 cm³/mol. The topological polar surface area (TPSA) is 80.2 Å². The van der Waals surface area contributed by atoms with Crippen LogP contribution in [0.25, 0.3) is 10.9 Å². The van der Waals surface area contributed by atoms with Crippen molar-refractivity contribution in [2.45, 2.75) is 6.61 Å². The summed E-state index contributed by atoms with van der Waals surface area (Å²) in [6.07, 6.45) is 3.29. The van der Waals surface area contributed by atoms with Crippen molar-refractivity contribution in [3.63, 3.8) is 0 Å². The van der Waals surface area contributed by atoms with Gasteiger partial charge in [0, 0.05) is 18.1 Å². The molecule has 2 aromatic heterocycles. The number of rotatable bonds is 5. The van der Waals surface area contributed by atoms with Crippen molar-refractivity contribution in [1.82, 2.24) is 15.0 Å². The zero-order valence-corrected chi connectivity index (χ0v) is 14.9. The Balaban J connectivity index is 1.49. The molecule has 6 nitrogen and oxygen atoms in total. The van der Waals surface area contributed by atoms with Crippen LogP contribution in [-0.2, 0) is 6.61 Å². The number of aromatic nitrogens is 3. The number of nitrogens with one attached hydrogen (secondary N) is 1. The molecule has 134 valence electrons. The molecule has 0 bridgehead atoms. The molecule has 4 aromatic rings. The van der Waals surface area contributed by atoms with E-state index in [1.807, 2.05) is 30.3 Å². The Hall–Kier alpha value is -3.38. The second-order valence-electron chi connectivity index (χ2n) is 5.78. The van der Waals surface area contributed by atoms with E-state index in [1.165, 1.54) is 0 Å². The maximum Gasteiger partial charge on any atom is 0.227 e. The van der Waals surface area contributed by atoms with Crippen LogP contribution in [-0.4, -0.2) is 20.1 Å². The van der Waals surface area contributed by atoms with E-state index in [0.717, 1.165) is 11.4 Å². The average Bonchev–Trinajstić information content (AvgIpc) is 2.68. The van der Waals surface area contributed by atoms with Gasteiger partial charge in [-0.3, -0.25) is 4.98 Å². The summed E-state index contributed by atoms with van der Waals surface area (Å²) >= 11 is 6.32. The van der Waals surface area contributed by atoms with Crippen LogP contribution in [0.4, 0.5) is 11.6 Å². The number of anilines is 2. The minimum Gasteiger partial charge on any atom is -0.507 e. The quantitative estimate of drug-likeness (QED) is 0.523. The number of halogens is 1. The van der Waals surface area contributed by atoms with Gasteiger partial charge in [-0.15, -0.1) is 0 Å². The van der Waals surface area contributed by atoms with Gasteiger partial charge in [0.1, 0.15) is 18.1 Å². The standard InChI is InChI=1S/C20H15ClN4O2/c21-16-10-13(7-8-19(16)27-12-14-4-1-2-9-22-14)24-20-23-11-15-17(25-20)5-3-6-18(15)26/h1-11,26H,12H2,(H,23,24,25). The largest absolute Gasteiger partial charge is 0.507 e. The third-order valence-electron chi connectivity index (χ3n) is 3.89. The second-order valence-corrected chi connectivity index (χ2v) is 6.19. The lowest BCUT2D eigenvalue weighted by Gasteiger charge is -2.10. The SMILES string of the molecule is Oc1cccc2nc(Nc3ccc(OCc4ccccn4)c(Cl)c3)ncc12. The molecule has 0 amide bonds. The summed E-state index contributed by atoms with van der Waals surface area (Å²) in [4.78, 5) is 12.8. The molecule has 0 unspecified atom stereocenters. The highest BCUT2D eigenvalue weighted by molar-refractivity contribution is 6.32. The van der Waals surface area contributed by atoms with Crippen molar-refractivity contribution in [1.29, 1.82) is 0 Å². The molecule has 7 heteroatoms. The molecule has 0 aliphatic rings. The minimum atomic E-state index is 0.150. The first kappa shape index (κ1) is 17.1. The van der Waals surface area contributed by atoms with Gasteiger partial charge in [-0.05, 0) is 42.5 Å². The predicted octanol–water partition coefficient (Wildman–Crippen LogP) is 4.71. The maximum absolute atomic E-state index is 9.82. The maximum atomic E-state index is 9.82. The van der Waals surface area contributed by atoms with E-state index in [-0.39, 0.29) is 5.75 Å². The number of hydrogen-bond acceptors (Lipinski definition) is 6. The van der Waals surface area contributed by atoms with Crippen LogP contribution in [0.3, 0.4) is 0 Å². The molecule has 0 saturated carbocycles. The molecule has 2 heterocycles. The Morgan fingerprint density at radius 2 is 1.96 bits per heavy atom. The molecule has 2 N–H and O–H groups in total. The van der Waals surface area contributed by atoms with Crippen molar-refractivity contribution in [2.75, 3.05) is 5.32 Å². The normalized spacial score (nSPS) is 10.7. The first-order chi connectivity index (χ1) is 13.2. The average molecular weight is 379 g/mol. The van der Waals surface area contributed by atoms with Gasteiger partial charge in [0.2, 0.25) is 5.95 Å². The fourth-order valence-corrected chi connectivity index (χ4v) is 2.79. The van der Waals surface area contributed by atoms with Crippen LogP contribution < -0.4 is 10.1 Å². The Morgan fingerprint density at radius 1 is 1.04 bits per heavy atom. The van der Waals surface area contributed by atoms with Gasteiger partial charge >= 0.3 is 0 Å². The summed E-state index contributed by atoms with van der Waals surface area (Å²) in [6.45, 7) is 0.338. The van der Waals surface area contributed by atoms with Gasteiger partial charge in [0.05, 0.1) is 21.6 Å². The van der Waals surface area contributed by atoms with Crippen molar-refractivity contribution >= 4 is 34.1 Å². The zero-order valence-electron chi connectivity index (χ0n) is 14.1. The number of phenols is 1. The molecule has 0 aliphatic carbocycles. The van der Waals surface area contributed by atoms with Crippen molar-refractivity contribution < 1.29 is 9.84 Å². The molecule has 0 saturated heterocycles. The van der Waals surface area contributed by atoms with Crippen LogP contribution in [0, 0.1) is 0 Å². The first-order valence-corrected chi connectivity index (χ1v) is 8.61. The Labute approximate surface area is 160 Å². The Morgan fingerprint density at radius 3 is 2.78 bits per heavy atom. The van der Waals surface area contributed by atoms with Gasteiger partial charge < -0.3 is 15.2 Å². The van der Waals surface area contributed by atoms with Crippen molar-refractivity contribution in [3.8, 4) is 11.5 Å². The lowest BCUT2D eigenvalue weighted by atomic mass is 10.2. The Kier molecular flexibility index (Phi) is 4.72. The van der Waals surface area contributed by atoms with Gasteiger partial charge in [-0.2, -0.15) is 0 Å².